The van der Waals surface area contributed by atoms with Crippen LogP contribution in [0, 0.1) is 11.8 Å². The van der Waals surface area contributed by atoms with Crippen LogP contribution in [0.2, 0.25) is 0 Å². The van der Waals surface area contributed by atoms with E-state index >= 15 is 0 Å². The summed E-state index contributed by atoms with van der Waals surface area (Å²) in [6.07, 6.45) is -3.13. The first kappa shape index (κ1) is 31.6. The summed E-state index contributed by atoms with van der Waals surface area (Å²) in [6, 6.07) is 0.701. The third kappa shape index (κ3) is 4.98. The van der Waals surface area contributed by atoms with Gasteiger partial charge in [0, 0.05) is 42.9 Å². The second-order valence-corrected chi connectivity index (χ2v) is 13.0. The Morgan fingerprint density at radius 1 is 1.12 bits per heavy atom. The fourth-order valence-corrected chi connectivity index (χ4v) is 6.73. The van der Waals surface area contributed by atoms with Crippen LogP contribution in [0.5, 0.6) is 5.75 Å². The molecular formula is C29H43N5O8. The molecule has 1 aromatic carbocycles. The Morgan fingerprint density at radius 2 is 1.74 bits per heavy atom. The van der Waals surface area contributed by atoms with Crippen LogP contribution in [0.4, 0.5) is 11.4 Å². The van der Waals surface area contributed by atoms with Crippen molar-refractivity contribution in [1.29, 1.82) is 0 Å². The number of primary amides is 1. The summed E-state index contributed by atoms with van der Waals surface area (Å²) >= 11 is 0. The highest BCUT2D eigenvalue weighted by molar-refractivity contribution is 5.97. The van der Waals surface area contributed by atoms with Crippen LogP contribution < -0.4 is 21.3 Å². The Kier molecular flexibility index (Phi) is 8.06. The largest absolute Gasteiger partial charge is 0.509 e. The SMILES string of the molecule is CN(C)c1cc(NC(=O)CNC(C)(C)C)c(O)c2c1C[C@H]1C[C@H]3[C@H](N(C)C)C(O)C(C(N)=O)=C(O)[C@@]3(O)C(O)C1=C2O. The van der Waals surface area contributed by atoms with Crippen molar-refractivity contribution in [2.24, 2.45) is 17.6 Å². The quantitative estimate of drug-likeness (QED) is 0.201. The average Bonchev–Trinajstić information content (AvgIpc) is 2.85. The minimum Gasteiger partial charge on any atom is -0.509 e. The number of rotatable bonds is 6. The fraction of sp³-hybridized carbons (Fsp3) is 0.586. The van der Waals surface area contributed by atoms with Crippen molar-refractivity contribution in [3.8, 4) is 5.75 Å². The summed E-state index contributed by atoms with van der Waals surface area (Å²) in [7, 11) is 6.82. The van der Waals surface area contributed by atoms with Gasteiger partial charge in [0.25, 0.3) is 5.91 Å². The molecule has 3 aliphatic rings. The van der Waals surface area contributed by atoms with Gasteiger partial charge in [-0.1, -0.05) is 0 Å². The third-order valence-corrected chi connectivity index (χ3v) is 8.66. The average molecular weight is 590 g/mol. The number of anilines is 2. The molecule has 13 nitrogen and oxygen atoms in total. The van der Waals surface area contributed by atoms with Crippen molar-refractivity contribution in [3.63, 3.8) is 0 Å². The molecule has 4 rings (SSSR count). The van der Waals surface area contributed by atoms with Crippen LogP contribution in [-0.2, 0) is 16.0 Å². The van der Waals surface area contributed by atoms with Gasteiger partial charge in [-0.3, -0.25) is 9.59 Å². The highest BCUT2D eigenvalue weighted by atomic mass is 16.4. The zero-order chi connectivity index (χ0) is 31.6. The number of likely N-dealkylation sites (N-methyl/N-ethyl adjacent to an activating group) is 1. The lowest BCUT2D eigenvalue weighted by Crippen LogP contribution is -2.68. The van der Waals surface area contributed by atoms with Gasteiger partial charge in [-0.05, 0) is 65.3 Å². The molecule has 0 spiro atoms. The van der Waals surface area contributed by atoms with Gasteiger partial charge >= 0.3 is 0 Å². The molecule has 0 bridgehead atoms. The number of aliphatic hydroxyl groups excluding tert-OH is 4. The minimum absolute atomic E-state index is 0.0220. The van der Waals surface area contributed by atoms with Gasteiger partial charge in [-0.25, -0.2) is 0 Å². The summed E-state index contributed by atoms with van der Waals surface area (Å²) in [5.74, 6) is -5.00. The van der Waals surface area contributed by atoms with E-state index in [2.05, 4.69) is 10.6 Å². The standard InChI is InChI=1S/C29H43N5O8/c1-28(2,3)31-11-17(35)32-15-10-16(33(4)5)13-8-12-9-14-21(34(6)7)24(38)20(27(30)41)26(40)29(14,42)25(39)18(12)23(37)19(13)22(15)36/h10,12,14,21,24-25,31,36-40,42H,8-9,11H2,1-7H3,(H2,30,41)(H,32,35)/t12-,14-,21-,24?,25?,29-/m0/s1. The first-order chi connectivity index (χ1) is 19.3. The van der Waals surface area contributed by atoms with E-state index in [0.717, 1.165) is 0 Å². The second-order valence-electron chi connectivity index (χ2n) is 13.0. The number of nitrogens with one attached hydrogen (secondary N) is 2. The van der Waals surface area contributed by atoms with Gasteiger partial charge in [0.05, 0.1) is 23.4 Å². The van der Waals surface area contributed by atoms with E-state index in [4.69, 9.17) is 5.73 Å². The van der Waals surface area contributed by atoms with Crippen molar-refractivity contribution in [1.82, 2.24) is 10.2 Å². The lowest BCUT2D eigenvalue weighted by Gasteiger charge is -2.55. The topological polar surface area (TPSA) is 212 Å². The molecule has 1 fully saturated rings. The predicted molar refractivity (Wildman–Crippen MR) is 157 cm³/mol. The van der Waals surface area contributed by atoms with Crippen molar-refractivity contribution in [3.05, 3.63) is 34.1 Å². The summed E-state index contributed by atoms with van der Waals surface area (Å²) in [6.45, 7) is 5.68. The maximum Gasteiger partial charge on any atom is 0.250 e. The Balaban J connectivity index is 1.88. The van der Waals surface area contributed by atoms with Crippen LogP contribution in [0.1, 0.15) is 38.3 Å². The molecule has 1 saturated carbocycles. The van der Waals surface area contributed by atoms with E-state index in [-0.39, 0.29) is 41.7 Å². The second kappa shape index (κ2) is 10.7. The van der Waals surface area contributed by atoms with Crippen molar-refractivity contribution >= 4 is 28.9 Å². The molecule has 10 N–H and O–H groups in total. The van der Waals surface area contributed by atoms with Crippen LogP contribution >= 0.6 is 0 Å². The molecule has 232 valence electrons. The molecule has 0 aliphatic heterocycles. The monoisotopic (exact) mass is 589 g/mol. The van der Waals surface area contributed by atoms with Crippen molar-refractivity contribution < 1.29 is 40.2 Å². The number of nitrogens with zero attached hydrogens (tertiary/aromatic N) is 2. The molecule has 0 saturated heterocycles. The van der Waals surface area contributed by atoms with Crippen molar-refractivity contribution in [2.75, 3.05) is 45.0 Å². The van der Waals surface area contributed by atoms with E-state index in [0.29, 0.717) is 11.3 Å². The van der Waals surface area contributed by atoms with Crippen LogP contribution in [0.3, 0.4) is 0 Å². The van der Waals surface area contributed by atoms with Gasteiger partial charge in [-0.15, -0.1) is 0 Å². The van der Waals surface area contributed by atoms with E-state index < -0.39 is 70.3 Å². The lowest BCUT2D eigenvalue weighted by molar-refractivity contribution is -0.160. The Labute approximate surface area is 244 Å². The number of amides is 2. The van der Waals surface area contributed by atoms with Gasteiger partial charge < -0.3 is 56.8 Å². The first-order valence-corrected chi connectivity index (χ1v) is 13.9. The highest BCUT2D eigenvalue weighted by Crippen LogP contribution is 2.56. The maximum absolute atomic E-state index is 12.7. The van der Waals surface area contributed by atoms with E-state index in [1.165, 1.54) is 0 Å². The number of phenols is 1. The van der Waals surface area contributed by atoms with Gasteiger partial charge in [0.2, 0.25) is 5.91 Å². The molecular weight excluding hydrogens is 546 g/mol. The zero-order valence-corrected chi connectivity index (χ0v) is 25.1. The molecule has 1 aromatic rings. The molecule has 0 aromatic heterocycles. The van der Waals surface area contributed by atoms with E-state index in [1.54, 1.807) is 44.1 Å². The molecule has 3 aliphatic carbocycles. The Hall–Kier alpha value is -3.36. The summed E-state index contributed by atoms with van der Waals surface area (Å²) in [5, 5.41) is 74.4. The summed E-state index contributed by atoms with van der Waals surface area (Å²) in [5.41, 5.74) is 3.19. The molecule has 6 atom stereocenters. The van der Waals surface area contributed by atoms with E-state index in [9.17, 15) is 40.2 Å². The number of nitrogens with two attached hydrogens (primary N) is 1. The number of aromatic hydroxyl groups is 1. The number of hydrogen-bond donors (Lipinski definition) is 9. The smallest absolute Gasteiger partial charge is 0.250 e. The molecule has 0 radical (unpaired) electrons. The van der Waals surface area contributed by atoms with Crippen LogP contribution in [-0.4, -0.2) is 111 Å². The van der Waals surface area contributed by atoms with Gasteiger partial charge in [-0.2, -0.15) is 0 Å². The number of fused-ring (bicyclic) bond motifs is 3. The zero-order valence-electron chi connectivity index (χ0n) is 25.1. The lowest BCUT2D eigenvalue weighted by atomic mass is 9.56. The van der Waals surface area contributed by atoms with Gasteiger partial charge in [0.15, 0.2) is 5.60 Å². The number of phenolic OH excluding ortho intramolecular Hbond substituents is 1. The number of hydrogen-bond acceptors (Lipinski definition) is 11. The summed E-state index contributed by atoms with van der Waals surface area (Å²) < 4.78 is 0. The predicted octanol–water partition coefficient (Wildman–Crippen LogP) is -0.0598. The maximum atomic E-state index is 12.7. The number of benzene rings is 1. The van der Waals surface area contributed by atoms with E-state index in [1.807, 2.05) is 20.8 Å². The third-order valence-electron chi connectivity index (χ3n) is 8.66. The molecule has 2 unspecified atom stereocenters. The molecule has 2 amide bonds. The van der Waals surface area contributed by atoms with Crippen LogP contribution in [0.15, 0.2) is 23.0 Å². The van der Waals surface area contributed by atoms with Gasteiger partial charge in [0.1, 0.15) is 29.5 Å². The minimum atomic E-state index is -2.47. The van der Waals surface area contributed by atoms with Crippen molar-refractivity contribution in [2.45, 2.75) is 63.0 Å². The first-order valence-electron chi connectivity index (χ1n) is 13.9. The number of carbonyl (C=O) groups is 2. The molecule has 42 heavy (non-hydrogen) atoms. The Morgan fingerprint density at radius 3 is 2.26 bits per heavy atom. The molecule has 0 heterocycles. The highest BCUT2D eigenvalue weighted by Gasteiger charge is 2.63. The normalized spacial score (nSPS) is 29.2. The Bertz CT molecular complexity index is 1360. The fourth-order valence-electron chi connectivity index (χ4n) is 6.73. The number of aliphatic hydroxyl groups is 5. The molecule has 13 heteroatoms. The number of carbonyl (C=O) groups excluding carboxylic acids is 2. The summed E-state index contributed by atoms with van der Waals surface area (Å²) in [4.78, 5) is 28.3. The van der Waals surface area contributed by atoms with Crippen LogP contribution in [0.25, 0.3) is 5.76 Å².